The van der Waals surface area contributed by atoms with Crippen LogP contribution in [0.4, 0.5) is 0 Å². The number of fused-ring (bicyclic) bond motifs is 3. The Labute approximate surface area is 234 Å². The summed E-state index contributed by atoms with van der Waals surface area (Å²) in [6.07, 6.45) is 0. The van der Waals surface area contributed by atoms with Crippen LogP contribution in [0.3, 0.4) is 0 Å². The highest BCUT2D eigenvalue weighted by atomic mass is 14.2. The lowest BCUT2D eigenvalue weighted by atomic mass is 9.92. The third kappa shape index (κ3) is 3.69. The van der Waals surface area contributed by atoms with E-state index in [0.29, 0.717) is 0 Å². The molecule has 40 heavy (non-hydrogen) atoms. The Bertz CT molecular complexity index is 2020. The van der Waals surface area contributed by atoms with Gasteiger partial charge in [0.2, 0.25) is 0 Å². The summed E-state index contributed by atoms with van der Waals surface area (Å²) >= 11 is 0. The molecule has 0 aliphatic heterocycles. The summed E-state index contributed by atoms with van der Waals surface area (Å²) in [6.45, 7) is 0. The lowest BCUT2D eigenvalue weighted by molar-refractivity contribution is 1.57. The van der Waals surface area contributed by atoms with Gasteiger partial charge in [-0.25, -0.2) is 0 Å². The fourth-order valence-electron chi connectivity index (χ4n) is 6.31. The smallest absolute Gasteiger partial charge is 0.00201 e. The molecule has 1 aliphatic rings. The summed E-state index contributed by atoms with van der Waals surface area (Å²) in [4.78, 5) is 0. The van der Waals surface area contributed by atoms with Crippen molar-refractivity contribution in [1.82, 2.24) is 0 Å². The van der Waals surface area contributed by atoms with E-state index in [0.717, 1.165) is 0 Å². The molecule has 0 atom stereocenters. The Kier molecular flexibility index (Phi) is 5.24. The molecule has 0 saturated carbocycles. The summed E-state index contributed by atoms with van der Waals surface area (Å²) in [5.41, 5.74) is 15.3. The maximum atomic E-state index is 2.34. The Morgan fingerprint density at radius 1 is 0.225 bits per heavy atom. The van der Waals surface area contributed by atoms with E-state index >= 15 is 0 Å². The highest BCUT2D eigenvalue weighted by molar-refractivity contribution is 6.18. The number of rotatable bonds is 4. The van der Waals surface area contributed by atoms with Crippen LogP contribution in [-0.4, -0.2) is 0 Å². The molecule has 0 saturated heterocycles. The van der Waals surface area contributed by atoms with Gasteiger partial charge in [0.1, 0.15) is 0 Å². The molecule has 0 spiro atoms. The van der Waals surface area contributed by atoms with Crippen molar-refractivity contribution in [3.63, 3.8) is 0 Å². The first-order chi connectivity index (χ1) is 19.8. The van der Waals surface area contributed by atoms with Crippen LogP contribution in [0.15, 0.2) is 158 Å². The highest BCUT2D eigenvalue weighted by Gasteiger charge is 2.22. The van der Waals surface area contributed by atoms with Crippen LogP contribution in [0.2, 0.25) is 0 Å². The normalized spacial score (nSPS) is 11.5. The average Bonchev–Trinajstić information content (AvgIpc) is 3.37. The van der Waals surface area contributed by atoms with Gasteiger partial charge in [-0.3, -0.25) is 0 Å². The molecule has 0 radical (unpaired) electrons. The first-order valence-electron chi connectivity index (χ1n) is 13.9. The Morgan fingerprint density at radius 2 is 0.625 bits per heavy atom. The van der Waals surface area contributed by atoms with Crippen LogP contribution in [0.5, 0.6) is 0 Å². The Hall–Kier alpha value is -5.20. The second kappa shape index (κ2) is 9.22. The molecule has 186 valence electrons. The quantitative estimate of drug-likeness (QED) is 0.223. The fraction of sp³-hybridized carbons (Fsp3) is 0. The lowest BCUT2D eigenvalue weighted by Gasteiger charge is -2.12. The van der Waals surface area contributed by atoms with Gasteiger partial charge in [-0.05, 0) is 95.7 Å². The van der Waals surface area contributed by atoms with Crippen molar-refractivity contribution < 1.29 is 0 Å². The lowest BCUT2D eigenvalue weighted by Crippen LogP contribution is -1.86. The molecule has 7 aromatic rings. The van der Waals surface area contributed by atoms with Crippen molar-refractivity contribution in [2.75, 3.05) is 0 Å². The second-order valence-corrected chi connectivity index (χ2v) is 10.5. The highest BCUT2D eigenvalue weighted by Crippen LogP contribution is 2.49. The maximum Gasteiger partial charge on any atom is -0.00201 e. The molecule has 8 rings (SSSR count). The van der Waals surface area contributed by atoms with Crippen LogP contribution in [0.1, 0.15) is 0 Å². The van der Waals surface area contributed by atoms with E-state index in [9.17, 15) is 0 Å². The predicted octanol–water partition coefficient (Wildman–Crippen LogP) is 11.2. The van der Waals surface area contributed by atoms with Crippen molar-refractivity contribution >= 4 is 10.8 Å². The first-order valence-corrected chi connectivity index (χ1v) is 13.9. The molecule has 0 nitrogen and oxygen atoms in total. The van der Waals surface area contributed by atoms with Crippen molar-refractivity contribution in [3.8, 4) is 66.8 Å². The van der Waals surface area contributed by atoms with E-state index in [1.807, 2.05) is 0 Å². The van der Waals surface area contributed by atoms with Gasteiger partial charge >= 0.3 is 0 Å². The van der Waals surface area contributed by atoms with Gasteiger partial charge in [0, 0.05) is 0 Å². The van der Waals surface area contributed by atoms with Crippen molar-refractivity contribution in [2.45, 2.75) is 0 Å². The van der Waals surface area contributed by atoms with Gasteiger partial charge in [-0.1, -0.05) is 140 Å². The van der Waals surface area contributed by atoms with E-state index in [4.69, 9.17) is 0 Å². The second-order valence-electron chi connectivity index (χ2n) is 10.5. The van der Waals surface area contributed by atoms with Crippen molar-refractivity contribution in [3.05, 3.63) is 158 Å². The van der Waals surface area contributed by atoms with Crippen LogP contribution in [-0.2, 0) is 0 Å². The molecule has 0 aromatic heterocycles. The summed E-state index contributed by atoms with van der Waals surface area (Å²) in [5.74, 6) is 0. The molecule has 0 N–H and O–H groups in total. The Balaban J connectivity index is 1.20. The predicted molar refractivity (Wildman–Crippen MR) is 170 cm³/mol. The van der Waals surface area contributed by atoms with E-state index < -0.39 is 0 Å². The van der Waals surface area contributed by atoms with Crippen molar-refractivity contribution in [1.29, 1.82) is 0 Å². The summed E-state index contributed by atoms with van der Waals surface area (Å²) in [7, 11) is 0. The number of hydrogen-bond acceptors (Lipinski definition) is 0. The third-order valence-electron chi connectivity index (χ3n) is 8.22. The molecule has 0 heteroatoms. The van der Waals surface area contributed by atoms with E-state index in [1.165, 1.54) is 77.5 Å². The topological polar surface area (TPSA) is 0 Å². The van der Waals surface area contributed by atoms with E-state index in [2.05, 4.69) is 158 Å². The standard InChI is InChI=1S/C40H26/c1-2-10-27(11-3-1)28-12-6-13-29(24-28)30-14-7-15-31(25-30)32-16-8-17-33(26-32)34-22-23-39-36-19-5-4-18-35(36)38-21-9-20-37(34)40(38)39/h1-26H. The molecule has 0 bridgehead atoms. The summed E-state index contributed by atoms with van der Waals surface area (Å²) in [6, 6.07) is 57.4. The molecule has 1 aliphatic carbocycles. The van der Waals surface area contributed by atoms with Gasteiger partial charge in [-0.15, -0.1) is 0 Å². The molecule has 0 fully saturated rings. The molecule has 0 amide bonds. The van der Waals surface area contributed by atoms with Crippen LogP contribution in [0, 0.1) is 0 Å². The van der Waals surface area contributed by atoms with E-state index in [-0.39, 0.29) is 0 Å². The summed E-state index contributed by atoms with van der Waals surface area (Å²) < 4.78 is 0. The van der Waals surface area contributed by atoms with Crippen molar-refractivity contribution in [2.24, 2.45) is 0 Å². The zero-order chi connectivity index (χ0) is 26.5. The van der Waals surface area contributed by atoms with Gasteiger partial charge in [-0.2, -0.15) is 0 Å². The molecule has 0 heterocycles. The third-order valence-corrected chi connectivity index (χ3v) is 8.22. The van der Waals surface area contributed by atoms with Gasteiger partial charge < -0.3 is 0 Å². The Morgan fingerprint density at radius 3 is 1.25 bits per heavy atom. The van der Waals surface area contributed by atoms with Crippen LogP contribution in [0.25, 0.3) is 77.5 Å². The van der Waals surface area contributed by atoms with E-state index in [1.54, 1.807) is 0 Å². The molecular formula is C40H26. The number of benzene rings is 7. The number of hydrogen-bond donors (Lipinski definition) is 0. The minimum atomic E-state index is 1.22. The molecule has 7 aromatic carbocycles. The maximum absolute atomic E-state index is 2.34. The minimum absolute atomic E-state index is 1.22. The van der Waals surface area contributed by atoms with Gasteiger partial charge in [0.25, 0.3) is 0 Å². The monoisotopic (exact) mass is 506 g/mol. The average molecular weight is 507 g/mol. The SMILES string of the molecule is c1ccc(-c2cccc(-c3cccc(-c4cccc(-c5ccc6c7c(cccc57)-c5ccccc5-6)c4)c3)c2)cc1. The zero-order valence-corrected chi connectivity index (χ0v) is 22.0. The summed E-state index contributed by atoms with van der Waals surface area (Å²) in [5, 5.41) is 2.68. The van der Waals surface area contributed by atoms with Crippen LogP contribution >= 0.6 is 0 Å². The van der Waals surface area contributed by atoms with Crippen LogP contribution < -0.4 is 0 Å². The van der Waals surface area contributed by atoms with Gasteiger partial charge in [0.05, 0.1) is 0 Å². The fourth-order valence-corrected chi connectivity index (χ4v) is 6.31. The molecular weight excluding hydrogens is 480 g/mol. The molecule has 0 unspecified atom stereocenters. The minimum Gasteiger partial charge on any atom is -0.0622 e. The zero-order valence-electron chi connectivity index (χ0n) is 22.0. The largest absolute Gasteiger partial charge is 0.0622 e. The first kappa shape index (κ1) is 22.8. The van der Waals surface area contributed by atoms with Gasteiger partial charge in [0.15, 0.2) is 0 Å².